The Bertz CT molecular complexity index is 423. The van der Waals surface area contributed by atoms with Crippen molar-refractivity contribution < 1.29 is 0 Å². The highest BCUT2D eigenvalue weighted by molar-refractivity contribution is 6.47. The van der Waals surface area contributed by atoms with Crippen molar-refractivity contribution in [3.8, 4) is 0 Å². The van der Waals surface area contributed by atoms with Crippen molar-refractivity contribution in [1.82, 2.24) is 10.2 Å². The lowest BCUT2D eigenvalue weighted by Gasteiger charge is -2.04. The molecule has 2 nitrogen and oxygen atoms in total. The predicted octanol–water partition coefficient (Wildman–Crippen LogP) is 4.24. The number of hydrogen-bond acceptors (Lipinski definition) is 2. The van der Waals surface area contributed by atoms with Crippen LogP contribution in [0.25, 0.3) is 10.8 Å². The van der Waals surface area contributed by atoms with Gasteiger partial charge in [-0.05, 0) is 12.1 Å². The van der Waals surface area contributed by atoms with Gasteiger partial charge in [0.1, 0.15) is 0 Å². The molecule has 0 aliphatic carbocycles. The molecule has 0 spiro atoms. The number of aromatic nitrogens is 2. The molecule has 0 saturated carbocycles. The Balaban J connectivity index is 3.05. The van der Waals surface area contributed by atoms with E-state index < -0.39 is 0 Å². The second kappa shape index (κ2) is 3.70. The summed E-state index contributed by atoms with van der Waals surface area (Å²) in [5.41, 5.74) is 0. The van der Waals surface area contributed by atoms with Crippen molar-refractivity contribution >= 4 is 57.2 Å². The first-order valence-electron chi connectivity index (χ1n) is 3.56. The third-order valence-corrected chi connectivity index (χ3v) is 2.90. The maximum atomic E-state index is 5.94. The average molecular weight is 268 g/mol. The topological polar surface area (TPSA) is 25.8 Å². The van der Waals surface area contributed by atoms with Crippen LogP contribution in [0.5, 0.6) is 0 Å². The van der Waals surface area contributed by atoms with E-state index in [1.807, 2.05) is 0 Å². The molecule has 0 amide bonds. The molecule has 0 N–H and O–H groups in total. The Morgan fingerprint density at radius 3 is 1.43 bits per heavy atom. The molecule has 6 heteroatoms. The zero-order chi connectivity index (χ0) is 10.3. The summed E-state index contributed by atoms with van der Waals surface area (Å²) in [6.45, 7) is 0. The maximum absolute atomic E-state index is 5.94. The number of fused-ring (bicyclic) bond motifs is 1. The van der Waals surface area contributed by atoms with Gasteiger partial charge in [0, 0.05) is 10.8 Å². The third kappa shape index (κ3) is 1.52. The molecule has 0 atom stereocenters. The normalized spacial score (nSPS) is 10.9. The molecule has 0 aliphatic rings. The van der Waals surface area contributed by atoms with Gasteiger partial charge < -0.3 is 0 Å². The Kier molecular flexibility index (Phi) is 2.71. The molecule has 1 heterocycles. The van der Waals surface area contributed by atoms with Gasteiger partial charge in [0.25, 0.3) is 0 Å². The van der Waals surface area contributed by atoms with Crippen LogP contribution in [-0.2, 0) is 0 Å². The van der Waals surface area contributed by atoms with Crippen LogP contribution in [0.15, 0.2) is 12.1 Å². The van der Waals surface area contributed by atoms with Crippen molar-refractivity contribution in [2.24, 2.45) is 0 Å². The smallest absolute Gasteiger partial charge is 0.136 e. The molecule has 0 radical (unpaired) electrons. The van der Waals surface area contributed by atoms with Crippen LogP contribution in [0.3, 0.4) is 0 Å². The molecule has 0 bridgehead atoms. The number of rotatable bonds is 0. The number of benzene rings is 1. The van der Waals surface area contributed by atoms with E-state index in [2.05, 4.69) is 10.2 Å². The summed E-state index contributed by atoms with van der Waals surface area (Å²) < 4.78 is 0. The number of nitrogens with zero attached hydrogens (tertiary/aromatic N) is 2. The summed E-state index contributed by atoms with van der Waals surface area (Å²) in [5, 5.41) is 9.64. The van der Waals surface area contributed by atoms with Gasteiger partial charge in [-0.15, -0.1) is 10.2 Å². The first-order valence-corrected chi connectivity index (χ1v) is 5.08. The zero-order valence-corrected chi connectivity index (χ0v) is 9.58. The molecule has 2 rings (SSSR count). The lowest BCUT2D eigenvalue weighted by Crippen LogP contribution is -1.88. The van der Waals surface area contributed by atoms with Crippen LogP contribution in [0, 0.1) is 0 Å². The van der Waals surface area contributed by atoms with Crippen molar-refractivity contribution in [3.05, 3.63) is 32.5 Å². The number of hydrogen-bond donors (Lipinski definition) is 0. The Morgan fingerprint density at radius 2 is 1.07 bits per heavy atom. The molecule has 0 unspecified atom stereocenters. The summed E-state index contributed by atoms with van der Waals surface area (Å²) in [5.74, 6) is 0. The third-order valence-electron chi connectivity index (χ3n) is 1.74. The average Bonchev–Trinajstić information content (AvgIpc) is 2.16. The standard InChI is InChI=1S/C8H2Cl4N2/c9-3-1-2-4(10)6-5(3)7(11)13-14-8(6)12/h1-2H. The van der Waals surface area contributed by atoms with Crippen LogP contribution in [-0.4, -0.2) is 10.2 Å². The van der Waals surface area contributed by atoms with E-state index in [9.17, 15) is 0 Å². The van der Waals surface area contributed by atoms with Gasteiger partial charge in [0.05, 0.1) is 10.0 Å². The quantitative estimate of drug-likeness (QED) is 0.713. The first-order chi connectivity index (χ1) is 6.61. The molecule has 14 heavy (non-hydrogen) atoms. The summed E-state index contributed by atoms with van der Waals surface area (Å²) in [4.78, 5) is 0. The first kappa shape index (κ1) is 10.2. The molecular formula is C8H2Cl4N2. The van der Waals surface area contributed by atoms with Gasteiger partial charge in [0.15, 0.2) is 10.3 Å². The molecule has 1 aromatic heterocycles. The van der Waals surface area contributed by atoms with Crippen molar-refractivity contribution in [1.29, 1.82) is 0 Å². The Morgan fingerprint density at radius 1 is 0.714 bits per heavy atom. The predicted molar refractivity (Wildman–Crippen MR) is 59.6 cm³/mol. The highest BCUT2D eigenvalue weighted by Crippen LogP contribution is 2.36. The van der Waals surface area contributed by atoms with E-state index >= 15 is 0 Å². The highest BCUT2D eigenvalue weighted by atomic mass is 35.5. The fourth-order valence-corrected chi connectivity index (χ4v) is 2.20. The summed E-state index contributed by atoms with van der Waals surface area (Å²) in [7, 11) is 0. The van der Waals surface area contributed by atoms with Crippen LogP contribution in [0.1, 0.15) is 0 Å². The van der Waals surface area contributed by atoms with Crippen LogP contribution >= 0.6 is 46.4 Å². The van der Waals surface area contributed by atoms with E-state index in [1.54, 1.807) is 12.1 Å². The van der Waals surface area contributed by atoms with Gasteiger partial charge in [-0.1, -0.05) is 46.4 Å². The minimum absolute atomic E-state index is 0.192. The second-order valence-electron chi connectivity index (χ2n) is 2.56. The molecule has 1 aromatic carbocycles. The largest absolute Gasteiger partial charge is 0.161 e. The fraction of sp³-hybridized carbons (Fsp3) is 0. The second-order valence-corrected chi connectivity index (χ2v) is 4.09. The lowest BCUT2D eigenvalue weighted by atomic mass is 10.2. The molecule has 0 saturated heterocycles. The molecule has 72 valence electrons. The van der Waals surface area contributed by atoms with Gasteiger partial charge >= 0.3 is 0 Å². The Hall–Kier alpha value is -0.280. The van der Waals surface area contributed by atoms with Gasteiger partial charge in [-0.3, -0.25) is 0 Å². The SMILES string of the molecule is Clc1ccc(Cl)c2c(Cl)nnc(Cl)c12. The summed E-state index contributed by atoms with van der Waals surface area (Å²) >= 11 is 23.5. The van der Waals surface area contributed by atoms with Crippen LogP contribution < -0.4 is 0 Å². The van der Waals surface area contributed by atoms with E-state index in [0.717, 1.165) is 0 Å². The van der Waals surface area contributed by atoms with Gasteiger partial charge in [-0.25, -0.2) is 0 Å². The van der Waals surface area contributed by atoms with E-state index in [4.69, 9.17) is 46.4 Å². The molecule has 0 aliphatic heterocycles. The monoisotopic (exact) mass is 266 g/mol. The van der Waals surface area contributed by atoms with E-state index in [1.165, 1.54) is 0 Å². The summed E-state index contributed by atoms with van der Waals surface area (Å²) in [6, 6.07) is 3.27. The summed E-state index contributed by atoms with van der Waals surface area (Å²) in [6.07, 6.45) is 0. The van der Waals surface area contributed by atoms with E-state index in [-0.39, 0.29) is 10.3 Å². The van der Waals surface area contributed by atoms with Crippen molar-refractivity contribution in [2.75, 3.05) is 0 Å². The van der Waals surface area contributed by atoms with E-state index in [0.29, 0.717) is 20.8 Å². The van der Waals surface area contributed by atoms with Crippen LogP contribution in [0.2, 0.25) is 20.4 Å². The lowest BCUT2D eigenvalue weighted by molar-refractivity contribution is 1.05. The maximum Gasteiger partial charge on any atom is 0.161 e. The minimum atomic E-state index is 0.192. The fourth-order valence-electron chi connectivity index (χ4n) is 1.14. The van der Waals surface area contributed by atoms with Gasteiger partial charge in [0.2, 0.25) is 0 Å². The molecular weight excluding hydrogens is 266 g/mol. The molecule has 2 aromatic rings. The van der Waals surface area contributed by atoms with Crippen LogP contribution in [0.4, 0.5) is 0 Å². The van der Waals surface area contributed by atoms with Crippen molar-refractivity contribution in [2.45, 2.75) is 0 Å². The van der Waals surface area contributed by atoms with Crippen molar-refractivity contribution in [3.63, 3.8) is 0 Å². The number of halogens is 4. The zero-order valence-electron chi connectivity index (χ0n) is 6.56. The Labute approximate surface area is 99.7 Å². The van der Waals surface area contributed by atoms with Gasteiger partial charge in [-0.2, -0.15) is 0 Å². The molecule has 0 fully saturated rings. The highest BCUT2D eigenvalue weighted by Gasteiger charge is 2.12. The minimum Gasteiger partial charge on any atom is -0.136 e.